The molecule has 15 heavy (non-hydrogen) atoms. The number of nitrogens with zero attached hydrogens (tertiary/aromatic N) is 3. The van der Waals surface area contributed by atoms with E-state index in [9.17, 15) is 0 Å². The van der Waals surface area contributed by atoms with Gasteiger partial charge in [-0.25, -0.2) is 9.97 Å². The van der Waals surface area contributed by atoms with Crippen molar-refractivity contribution in [3.63, 3.8) is 0 Å². The van der Waals surface area contributed by atoms with E-state index in [0.717, 1.165) is 18.7 Å². The van der Waals surface area contributed by atoms with Gasteiger partial charge in [0.25, 0.3) is 0 Å². The highest BCUT2D eigenvalue weighted by Crippen LogP contribution is 2.23. The van der Waals surface area contributed by atoms with E-state index in [-0.39, 0.29) is 0 Å². The zero-order valence-electron chi connectivity index (χ0n) is 8.56. The maximum atomic E-state index is 4.49. The molecule has 1 N–H and O–H groups in total. The van der Waals surface area contributed by atoms with Gasteiger partial charge in [-0.3, -0.25) is 4.40 Å². The fourth-order valence-corrected chi connectivity index (χ4v) is 2.24. The lowest BCUT2D eigenvalue weighted by molar-refractivity contribution is 0.444. The Kier molecular flexibility index (Phi) is 2.14. The molecule has 0 saturated carbocycles. The largest absolute Gasteiger partial charge is 0.317 e. The molecular weight excluding hydrogens is 188 g/mol. The van der Waals surface area contributed by atoms with E-state index in [0.29, 0.717) is 5.92 Å². The molecule has 1 fully saturated rings. The van der Waals surface area contributed by atoms with Gasteiger partial charge < -0.3 is 5.32 Å². The Bertz CT molecular complexity index is 456. The first-order chi connectivity index (χ1) is 7.45. The van der Waals surface area contributed by atoms with Crippen LogP contribution in [0.15, 0.2) is 24.7 Å². The summed E-state index contributed by atoms with van der Waals surface area (Å²) in [5.74, 6) is 1.75. The Morgan fingerprint density at radius 2 is 2.13 bits per heavy atom. The molecule has 0 bridgehead atoms. The quantitative estimate of drug-likeness (QED) is 0.755. The summed E-state index contributed by atoms with van der Waals surface area (Å²) in [7, 11) is 0. The number of imidazole rings is 1. The highest BCUT2D eigenvalue weighted by Gasteiger charge is 2.19. The average molecular weight is 202 g/mol. The molecule has 1 saturated heterocycles. The molecule has 0 atom stereocenters. The molecule has 1 aliphatic heterocycles. The highest BCUT2D eigenvalue weighted by atomic mass is 15.1. The molecule has 0 amide bonds. The van der Waals surface area contributed by atoms with Crippen molar-refractivity contribution in [1.29, 1.82) is 0 Å². The number of piperidine rings is 1. The lowest BCUT2D eigenvalue weighted by Gasteiger charge is -2.21. The van der Waals surface area contributed by atoms with E-state index < -0.39 is 0 Å². The summed E-state index contributed by atoms with van der Waals surface area (Å²) < 4.78 is 2.11. The lowest BCUT2D eigenvalue weighted by Crippen LogP contribution is -2.27. The molecule has 0 unspecified atom stereocenters. The van der Waals surface area contributed by atoms with Crippen molar-refractivity contribution < 1.29 is 0 Å². The van der Waals surface area contributed by atoms with Crippen LogP contribution >= 0.6 is 0 Å². The third-order valence-corrected chi connectivity index (χ3v) is 3.04. The minimum absolute atomic E-state index is 0.581. The molecule has 2 aromatic heterocycles. The van der Waals surface area contributed by atoms with Crippen molar-refractivity contribution in [2.24, 2.45) is 0 Å². The van der Waals surface area contributed by atoms with Crippen molar-refractivity contribution in [3.05, 3.63) is 30.5 Å². The van der Waals surface area contributed by atoms with Gasteiger partial charge in [-0.15, -0.1) is 0 Å². The van der Waals surface area contributed by atoms with Crippen molar-refractivity contribution >= 4 is 5.65 Å². The number of aromatic nitrogens is 3. The topological polar surface area (TPSA) is 42.2 Å². The van der Waals surface area contributed by atoms with Crippen LogP contribution in [0.4, 0.5) is 0 Å². The van der Waals surface area contributed by atoms with Crippen molar-refractivity contribution in [2.75, 3.05) is 13.1 Å². The summed E-state index contributed by atoms with van der Waals surface area (Å²) in [6.07, 6.45) is 8.06. The molecule has 1 aliphatic rings. The van der Waals surface area contributed by atoms with Crippen LogP contribution in [0, 0.1) is 0 Å². The minimum Gasteiger partial charge on any atom is -0.317 e. The van der Waals surface area contributed by atoms with Gasteiger partial charge in [-0.05, 0) is 32.0 Å². The van der Waals surface area contributed by atoms with Gasteiger partial charge in [-0.2, -0.15) is 0 Å². The number of hydrogen-bond donors (Lipinski definition) is 1. The lowest BCUT2D eigenvalue weighted by atomic mass is 9.97. The fraction of sp³-hybridized carbons (Fsp3) is 0.455. The third-order valence-electron chi connectivity index (χ3n) is 3.04. The summed E-state index contributed by atoms with van der Waals surface area (Å²) in [5.41, 5.74) is 0.950. The predicted octanol–water partition coefficient (Wildman–Crippen LogP) is 1.20. The second kappa shape index (κ2) is 3.62. The van der Waals surface area contributed by atoms with Crippen LogP contribution in [0.5, 0.6) is 0 Å². The van der Waals surface area contributed by atoms with E-state index in [1.54, 1.807) is 0 Å². The molecule has 3 heterocycles. The number of fused-ring (bicyclic) bond motifs is 1. The van der Waals surface area contributed by atoms with E-state index >= 15 is 0 Å². The molecule has 0 aliphatic carbocycles. The zero-order valence-corrected chi connectivity index (χ0v) is 8.56. The van der Waals surface area contributed by atoms with E-state index in [1.807, 2.05) is 24.7 Å². The molecule has 4 nitrogen and oxygen atoms in total. The Labute approximate surface area is 88.4 Å². The Balaban J connectivity index is 2.02. The van der Waals surface area contributed by atoms with E-state index in [2.05, 4.69) is 19.7 Å². The molecule has 0 radical (unpaired) electrons. The number of hydrogen-bond acceptors (Lipinski definition) is 3. The van der Waals surface area contributed by atoms with Crippen LogP contribution in [-0.4, -0.2) is 27.5 Å². The summed E-state index contributed by atoms with van der Waals surface area (Å²) >= 11 is 0. The van der Waals surface area contributed by atoms with Crippen LogP contribution in [-0.2, 0) is 0 Å². The maximum absolute atomic E-state index is 4.49. The maximum Gasteiger partial charge on any atom is 0.156 e. The smallest absolute Gasteiger partial charge is 0.156 e. The van der Waals surface area contributed by atoms with Crippen molar-refractivity contribution in [1.82, 2.24) is 19.7 Å². The average Bonchev–Trinajstić information content (AvgIpc) is 2.74. The summed E-state index contributed by atoms with van der Waals surface area (Å²) in [4.78, 5) is 8.77. The normalized spacial score (nSPS) is 18.4. The van der Waals surface area contributed by atoms with Crippen LogP contribution in [0.1, 0.15) is 24.6 Å². The second-order valence-electron chi connectivity index (χ2n) is 3.99. The van der Waals surface area contributed by atoms with Crippen LogP contribution in [0.25, 0.3) is 5.65 Å². The highest BCUT2D eigenvalue weighted by molar-refractivity contribution is 5.36. The summed E-state index contributed by atoms with van der Waals surface area (Å²) in [5, 5.41) is 3.37. The zero-order chi connectivity index (χ0) is 10.1. The molecule has 4 heteroatoms. The molecule has 0 aromatic carbocycles. The third kappa shape index (κ3) is 1.51. The predicted molar refractivity (Wildman–Crippen MR) is 57.8 cm³/mol. The Morgan fingerprint density at radius 1 is 1.27 bits per heavy atom. The number of nitrogens with one attached hydrogen (secondary N) is 1. The van der Waals surface area contributed by atoms with Gasteiger partial charge >= 0.3 is 0 Å². The molecule has 0 spiro atoms. The summed E-state index contributed by atoms with van der Waals surface area (Å²) in [6.45, 7) is 2.19. The second-order valence-corrected chi connectivity index (χ2v) is 3.99. The summed E-state index contributed by atoms with van der Waals surface area (Å²) in [6, 6.07) is 1.96. The molecule has 78 valence electrons. The molecule has 3 rings (SSSR count). The molecule has 2 aromatic rings. The van der Waals surface area contributed by atoms with Gasteiger partial charge in [0, 0.05) is 18.3 Å². The van der Waals surface area contributed by atoms with Gasteiger partial charge in [-0.1, -0.05) is 0 Å². The first-order valence-electron chi connectivity index (χ1n) is 5.44. The van der Waals surface area contributed by atoms with Crippen LogP contribution < -0.4 is 5.32 Å². The minimum atomic E-state index is 0.581. The fourth-order valence-electron chi connectivity index (χ4n) is 2.24. The van der Waals surface area contributed by atoms with Gasteiger partial charge in [0.1, 0.15) is 5.82 Å². The first kappa shape index (κ1) is 8.85. The number of rotatable bonds is 1. The van der Waals surface area contributed by atoms with Crippen LogP contribution in [0.2, 0.25) is 0 Å². The van der Waals surface area contributed by atoms with Crippen LogP contribution in [0.3, 0.4) is 0 Å². The van der Waals surface area contributed by atoms with Gasteiger partial charge in [0.2, 0.25) is 0 Å². The molecular formula is C11H14N4. The standard InChI is InChI=1S/C11H14N4/c1-4-13-10-8-14-11(15(10)7-1)9-2-5-12-6-3-9/h1,4,7-9,12H,2-3,5-6H2. The Morgan fingerprint density at radius 3 is 3.00 bits per heavy atom. The van der Waals surface area contributed by atoms with Crippen molar-refractivity contribution in [2.45, 2.75) is 18.8 Å². The Hall–Kier alpha value is -1.42. The first-order valence-corrected chi connectivity index (χ1v) is 5.44. The SMILES string of the molecule is c1cnc2cnc(C3CCNCC3)n2c1. The van der Waals surface area contributed by atoms with E-state index in [1.165, 1.54) is 18.7 Å². The van der Waals surface area contributed by atoms with Crippen molar-refractivity contribution in [3.8, 4) is 0 Å². The van der Waals surface area contributed by atoms with E-state index in [4.69, 9.17) is 0 Å². The monoisotopic (exact) mass is 202 g/mol. The van der Waals surface area contributed by atoms with Gasteiger partial charge in [0.05, 0.1) is 6.20 Å². The van der Waals surface area contributed by atoms with Gasteiger partial charge in [0.15, 0.2) is 5.65 Å².